The molecule has 2 heteroatoms. The summed E-state index contributed by atoms with van der Waals surface area (Å²) in [6.45, 7) is 6.30. The Labute approximate surface area is 90.4 Å². The van der Waals surface area contributed by atoms with E-state index in [4.69, 9.17) is 0 Å². The molecule has 0 radical (unpaired) electrons. The zero-order valence-corrected chi connectivity index (χ0v) is 10.6. The van der Waals surface area contributed by atoms with Crippen molar-refractivity contribution >= 4 is 21.7 Å². The molecule has 0 atom stereocenters. The predicted molar refractivity (Wildman–Crippen MR) is 61.3 cm³/mol. The van der Waals surface area contributed by atoms with E-state index in [-0.39, 0.29) is 5.41 Å². The van der Waals surface area contributed by atoms with Crippen LogP contribution in [0.25, 0.3) is 0 Å². The van der Waals surface area contributed by atoms with Gasteiger partial charge < -0.3 is 0 Å². The third kappa shape index (κ3) is 5.45. The van der Waals surface area contributed by atoms with Crippen LogP contribution in [0.15, 0.2) is 0 Å². The van der Waals surface area contributed by atoms with Crippen LogP contribution in [0.1, 0.15) is 52.9 Å². The lowest BCUT2D eigenvalue weighted by molar-refractivity contribution is -0.127. The highest BCUT2D eigenvalue weighted by Crippen LogP contribution is 2.26. The monoisotopic (exact) mass is 248 g/mol. The normalized spacial score (nSPS) is 11.7. The zero-order valence-electron chi connectivity index (χ0n) is 9.03. The Balaban J connectivity index is 3.87. The number of hydrogen-bond acceptors (Lipinski definition) is 1. The SMILES string of the molecule is CCCCC(C)(C)C(=O)CCCBr. The lowest BCUT2D eigenvalue weighted by atomic mass is 9.81. The summed E-state index contributed by atoms with van der Waals surface area (Å²) in [5.41, 5.74) is -0.0990. The maximum Gasteiger partial charge on any atom is 0.138 e. The van der Waals surface area contributed by atoms with E-state index in [1.54, 1.807) is 0 Å². The van der Waals surface area contributed by atoms with E-state index < -0.39 is 0 Å². The minimum absolute atomic E-state index is 0.0990. The summed E-state index contributed by atoms with van der Waals surface area (Å²) < 4.78 is 0. The first-order valence-electron chi connectivity index (χ1n) is 5.14. The summed E-state index contributed by atoms with van der Waals surface area (Å²) in [4.78, 5) is 11.7. The number of alkyl halides is 1. The molecule has 0 saturated carbocycles. The standard InChI is InChI=1S/C11H21BrO/c1-4-5-8-11(2,3)10(13)7-6-9-12/h4-9H2,1-3H3. The Hall–Kier alpha value is 0.150. The molecular weight excluding hydrogens is 228 g/mol. The van der Waals surface area contributed by atoms with E-state index in [0.717, 1.165) is 31.0 Å². The number of hydrogen-bond donors (Lipinski definition) is 0. The van der Waals surface area contributed by atoms with Gasteiger partial charge in [-0.1, -0.05) is 49.5 Å². The highest BCUT2D eigenvalue weighted by atomic mass is 79.9. The molecule has 0 aliphatic heterocycles. The molecule has 0 heterocycles. The number of unbranched alkanes of at least 4 members (excludes halogenated alkanes) is 1. The van der Waals surface area contributed by atoms with Crippen LogP contribution in [-0.2, 0) is 4.79 Å². The van der Waals surface area contributed by atoms with Crippen LogP contribution in [0.3, 0.4) is 0 Å². The Morgan fingerprint density at radius 1 is 1.31 bits per heavy atom. The van der Waals surface area contributed by atoms with E-state index in [1.807, 2.05) is 0 Å². The molecule has 0 spiro atoms. The van der Waals surface area contributed by atoms with Gasteiger partial charge in [0.2, 0.25) is 0 Å². The van der Waals surface area contributed by atoms with Crippen molar-refractivity contribution in [1.29, 1.82) is 0 Å². The molecule has 0 aromatic carbocycles. The van der Waals surface area contributed by atoms with Gasteiger partial charge in [-0.05, 0) is 12.8 Å². The maximum atomic E-state index is 11.7. The van der Waals surface area contributed by atoms with Gasteiger partial charge in [0.15, 0.2) is 0 Å². The van der Waals surface area contributed by atoms with E-state index in [2.05, 4.69) is 36.7 Å². The van der Waals surface area contributed by atoms with Gasteiger partial charge in [-0.15, -0.1) is 0 Å². The van der Waals surface area contributed by atoms with Gasteiger partial charge in [0.1, 0.15) is 5.78 Å². The van der Waals surface area contributed by atoms with Crippen LogP contribution in [0.2, 0.25) is 0 Å². The fraction of sp³-hybridized carbons (Fsp3) is 0.909. The molecule has 0 aliphatic carbocycles. The average Bonchev–Trinajstić information content (AvgIpc) is 2.10. The quantitative estimate of drug-likeness (QED) is 0.624. The van der Waals surface area contributed by atoms with E-state index in [0.29, 0.717) is 5.78 Å². The second-order valence-corrected chi connectivity index (χ2v) is 5.00. The molecule has 0 fully saturated rings. The van der Waals surface area contributed by atoms with Gasteiger partial charge in [0.25, 0.3) is 0 Å². The number of carbonyl (C=O) groups excluding carboxylic acids is 1. The molecule has 78 valence electrons. The number of ketones is 1. The molecule has 0 unspecified atom stereocenters. The van der Waals surface area contributed by atoms with Gasteiger partial charge in [-0.25, -0.2) is 0 Å². The predicted octanol–water partition coefficient (Wildman–Crippen LogP) is 3.95. The fourth-order valence-corrected chi connectivity index (χ4v) is 1.60. The molecule has 0 N–H and O–H groups in total. The van der Waals surface area contributed by atoms with Crippen LogP contribution in [-0.4, -0.2) is 11.1 Å². The fourth-order valence-electron chi connectivity index (χ4n) is 1.32. The third-order valence-corrected chi connectivity index (χ3v) is 3.01. The lowest BCUT2D eigenvalue weighted by Gasteiger charge is -2.22. The van der Waals surface area contributed by atoms with Crippen LogP contribution in [0, 0.1) is 5.41 Å². The molecule has 0 aliphatic rings. The van der Waals surface area contributed by atoms with Gasteiger partial charge in [0.05, 0.1) is 0 Å². The number of carbonyl (C=O) groups is 1. The molecule has 0 aromatic heterocycles. The van der Waals surface area contributed by atoms with Crippen molar-refractivity contribution in [2.75, 3.05) is 5.33 Å². The molecule has 0 rings (SSSR count). The summed E-state index contributed by atoms with van der Waals surface area (Å²) in [5.74, 6) is 0.417. The second-order valence-electron chi connectivity index (χ2n) is 4.20. The van der Waals surface area contributed by atoms with E-state index in [9.17, 15) is 4.79 Å². The van der Waals surface area contributed by atoms with Crippen molar-refractivity contribution in [3.8, 4) is 0 Å². The first-order valence-corrected chi connectivity index (χ1v) is 6.26. The summed E-state index contributed by atoms with van der Waals surface area (Å²) in [6.07, 6.45) is 5.06. The van der Waals surface area contributed by atoms with Crippen molar-refractivity contribution in [2.24, 2.45) is 5.41 Å². The van der Waals surface area contributed by atoms with Crippen LogP contribution < -0.4 is 0 Å². The Kier molecular flexibility index (Phi) is 6.66. The molecule has 0 bridgehead atoms. The van der Waals surface area contributed by atoms with Crippen LogP contribution in [0.4, 0.5) is 0 Å². The molecule has 1 nitrogen and oxygen atoms in total. The third-order valence-electron chi connectivity index (χ3n) is 2.45. The topological polar surface area (TPSA) is 17.1 Å². The number of halogens is 1. The lowest BCUT2D eigenvalue weighted by Crippen LogP contribution is -2.24. The average molecular weight is 249 g/mol. The molecular formula is C11H21BrO. The van der Waals surface area contributed by atoms with Crippen LogP contribution in [0.5, 0.6) is 0 Å². The highest BCUT2D eigenvalue weighted by molar-refractivity contribution is 9.09. The first kappa shape index (κ1) is 13.2. The van der Waals surface area contributed by atoms with Gasteiger partial charge in [-0.2, -0.15) is 0 Å². The van der Waals surface area contributed by atoms with Gasteiger partial charge >= 0.3 is 0 Å². The largest absolute Gasteiger partial charge is 0.299 e. The number of Topliss-reactive ketones (excluding diaryl/α,β-unsaturated/α-hetero) is 1. The summed E-state index contributed by atoms with van der Waals surface area (Å²) in [7, 11) is 0. The first-order chi connectivity index (χ1) is 6.04. The van der Waals surface area contributed by atoms with Gasteiger partial charge in [-0.3, -0.25) is 4.79 Å². The van der Waals surface area contributed by atoms with Gasteiger partial charge in [0, 0.05) is 17.2 Å². The molecule has 13 heavy (non-hydrogen) atoms. The van der Waals surface area contributed by atoms with Crippen molar-refractivity contribution < 1.29 is 4.79 Å². The Morgan fingerprint density at radius 3 is 2.38 bits per heavy atom. The number of rotatable bonds is 7. The zero-order chi connectivity index (χ0) is 10.3. The molecule has 0 amide bonds. The minimum Gasteiger partial charge on any atom is -0.299 e. The summed E-state index contributed by atoms with van der Waals surface area (Å²) >= 11 is 3.35. The molecule has 0 saturated heterocycles. The maximum absolute atomic E-state index is 11.7. The van der Waals surface area contributed by atoms with Crippen molar-refractivity contribution in [3.63, 3.8) is 0 Å². The van der Waals surface area contributed by atoms with Crippen LogP contribution >= 0.6 is 15.9 Å². The smallest absolute Gasteiger partial charge is 0.138 e. The summed E-state index contributed by atoms with van der Waals surface area (Å²) in [5, 5.41) is 0.933. The van der Waals surface area contributed by atoms with Crippen molar-refractivity contribution in [3.05, 3.63) is 0 Å². The Morgan fingerprint density at radius 2 is 1.92 bits per heavy atom. The van der Waals surface area contributed by atoms with E-state index >= 15 is 0 Å². The van der Waals surface area contributed by atoms with Crippen molar-refractivity contribution in [2.45, 2.75) is 52.9 Å². The van der Waals surface area contributed by atoms with Crippen molar-refractivity contribution in [1.82, 2.24) is 0 Å². The molecule has 0 aromatic rings. The van der Waals surface area contributed by atoms with E-state index in [1.165, 1.54) is 6.42 Å². The highest BCUT2D eigenvalue weighted by Gasteiger charge is 2.25. The minimum atomic E-state index is -0.0990. The second kappa shape index (κ2) is 6.58. The Bertz CT molecular complexity index is 152. The summed E-state index contributed by atoms with van der Waals surface area (Å²) in [6, 6.07) is 0.